The number of allylic oxidation sites excluding steroid dienone is 1. The zero-order valence-corrected chi connectivity index (χ0v) is 8.95. The number of ether oxygens (including phenoxy) is 2. The van der Waals surface area contributed by atoms with Gasteiger partial charge < -0.3 is 9.47 Å². The zero-order valence-electron chi connectivity index (χ0n) is 8.95. The second-order valence-corrected chi connectivity index (χ2v) is 2.98. The third-order valence-electron chi connectivity index (χ3n) is 2.04. The van der Waals surface area contributed by atoms with Crippen LogP contribution >= 0.6 is 0 Å². The van der Waals surface area contributed by atoms with Gasteiger partial charge in [-0.3, -0.25) is 4.79 Å². The van der Waals surface area contributed by atoms with Crippen LogP contribution in [0.5, 0.6) is 11.5 Å². The second kappa shape index (κ2) is 5.20. The van der Waals surface area contributed by atoms with Crippen molar-refractivity contribution in [2.24, 2.45) is 0 Å². The van der Waals surface area contributed by atoms with Gasteiger partial charge in [-0.2, -0.15) is 0 Å². The average Bonchev–Trinajstić information content (AvgIpc) is 2.28. The molecule has 0 aliphatic rings. The lowest BCUT2D eigenvalue weighted by Gasteiger charge is -2.08. The van der Waals surface area contributed by atoms with E-state index in [0.29, 0.717) is 23.5 Å². The van der Waals surface area contributed by atoms with Crippen LogP contribution in [-0.2, 0) is 0 Å². The first-order chi connectivity index (χ1) is 7.22. The lowest BCUT2D eigenvalue weighted by Crippen LogP contribution is -2.01. The van der Waals surface area contributed by atoms with Gasteiger partial charge in [-0.15, -0.1) is 6.58 Å². The fourth-order valence-corrected chi connectivity index (χ4v) is 1.27. The quantitative estimate of drug-likeness (QED) is 0.548. The summed E-state index contributed by atoms with van der Waals surface area (Å²) in [5.74, 6) is 1.17. The molecule has 0 aliphatic carbocycles. The molecule has 0 saturated carbocycles. The molecule has 3 heteroatoms. The average molecular weight is 206 g/mol. The third-order valence-corrected chi connectivity index (χ3v) is 2.04. The summed E-state index contributed by atoms with van der Waals surface area (Å²) in [6.07, 6.45) is 1.87. The molecule has 0 aromatic heterocycles. The molecule has 0 saturated heterocycles. The van der Waals surface area contributed by atoms with Gasteiger partial charge in [0.15, 0.2) is 5.78 Å². The van der Waals surface area contributed by atoms with Crippen LogP contribution in [0, 0.1) is 0 Å². The van der Waals surface area contributed by atoms with Crippen molar-refractivity contribution in [3.63, 3.8) is 0 Å². The van der Waals surface area contributed by atoms with E-state index in [1.807, 2.05) is 0 Å². The molecule has 80 valence electrons. The summed E-state index contributed by atoms with van der Waals surface area (Å²) in [6, 6.07) is 5.14. The van der Waals surface area contributed by atoms with Gasteiger partial charge >= 0.3 is 0 Å². The van der Waals surface area contributed by atoms with Crippen LogP contribution in [0.2, 0.25) is 0 Å². The first kappa shape index (κ1) is 11.3. The molecule has 0 fully saturated rings. The minimum Gasteiger partial charge on any atom is -0.497 e. The minimum atomic E-state index is -0.0271. The Kier molecular flexibility index (Phi) is 3.92. The standard InChI is InChI=1S/C12H14O3/c1-4-5-11(13)10-8-9(14-2)6-7-12(10)15-3/h4,6-8H,1,5H2,2-3H3. The number of carbonyl (C=O) groups excluding carboxylic acids is 1. The van der Waals surface area contributed by atoms with Crippen molar-refractivity contribution in [3.8, 4) is 11.5 Å². The molecule has 0 bridgehead atoms. The number of benzene rings is 1. The number of methoxy groups -OCH3 is 2. The summed E-state index contributed by atoms with van der Waals surface area (Å²) in [6.45, 7) is 3.53. The number of hydrogen-bond donors (Lipinski definition) is 0. The topological polar surface area (TPSA) is 35.5 Å². The van der Waals surface area contributed by atoms with Crippen LogP contribution < -0.4 is 9.47 Å². The SMILES string of the molecule is C=CCC(=O)c1cc(OC)ccc1OC. The Hall–Kier alpha value is -1.77. The summed E-state index contributed by atoms with van der Waals surface area (Å²) in [5, 5.41) is 0. The zero-order chi connectivity index (χ0) is 11.3. The third kappa shape index (κ3) is 2.59. The van der Waals surface area contributed by atoms with Gasteiger partial charge in [-0.1, -0.05) is 6.08 Å². The molecular weight excluding hydrogens is 192 g/mol. The molecule has 0 amide bonds. The summed E-state index contributed by atoms with van der Waals surface area (Å²) in [5.41, 5.74) is 0.525. The van der Waals surface area contributed by atoms with Crippen molar-refractivity contribution in [2.45, 2.75) is 6.42 Å². The van der Waals surface area contributed by atoms with E-state index in [-0.39, 0.29) is 5.78 Å². The Morgan fingerprint density at radius 2 is 2.13 bits per heavy atom. The largest absolute Gasteiger partial charge is 0.497 e. The highest BCUT2D eigenvalue weighted by atomic mass is 16.5. The maximum absolute atomic E-state index is 11.7. The van der Waals surface area contributed by atoms with Crippen LogP contribution in [0.3, 0.4) is 0 Å². The Morgan fingerprint density at radius 3 is 2.67 bits per heavy atom. The van der Waals surface area contributed by atoms with Crippen LogP contribution in [0.1, 0.15) is 16.8 Å². The number of Topliss-reactive ketones (excluding diaryl/α,β-unsaturated/α-hetero) is 1. The summed E-state index contributed by atoms with van der Waals surface area (Å²) in [7, 11) is 3.09. The fraction of sp³-hybridized carbons (Fsp3) is 0.250. The van der Waals surface area contributed by atoms with Crippen LogP contribution in [0.15, 0.2) is 30.9 Å². The highest BCUT2D eigenvalue weighted by Crippen LogP contribution is 2.25. The Bertz CT molecular complexity index is 369. The molecule has 0 heterocycles. The van der Waals surface area contributed by atoms with Gasteiger partial charge in [0.25, 0.3) is 0 Å². The maximum Gasteiger partial charge on any atom is 0.170 e. The van der Waals surface area contributed by atoms with Gasteiger partial charge in [0.1, 0.15) is 11.5 Å². The maximum atomic E-state index is 11.7. The Morgan fingerprint density at radius 1 is 1.40 bits per heavy atom. The van der Waals surface area contributed by atoms with E-state index < -0.39 is 0 Å². The number of hydrogen-bond acceptors (Lipinski definition) is 3. The Balaban J connectivity index is 3.10. The van der Waals surface area contributed by atoms with E-state index in [2.05, 4.69) is 6.58 Å². The molecule has 0 N–H and O–H groups in total. The van der Waals surface area contributed by atoms with Gasteiger partial charge in [0.2, 0.25) is 0 Å². The Labute approximate surface area is 89.3 Å². The first-order valence-electron chi connectivity index (χ1n) is 4.59. The molecule has 0 unspecified atom stereocenters. The summed E-state index contributed by atoms with van der Waals surface area (Å²) in [4.78, 5) is 11.7. The van der Waals surface area contributed by atoms with E-state index in [1.54, 1.807) is 31.4 Å². The predicted octanol–water partition coefficient (Wildman–Crippen LogP) is 2.46. The summed E-state index contributed by atoms with van der Waals surface area (Å²) < 4.78 is 10.2. The van der Waals surface area contributed by atoms with Gasteiger partial charge in [-0.25, -0.2) is 0 Å². The number of carbonyl (C=O) groups is 1. The molecular formula is C12H14O3. The fourth-order valence-electron chi connectivity index (χ4n) is 1.27. The molecule has 15 heavy (non-hydrogen) atoms. The van der Waals surface area contributed by atoms with Gasteiger partial charge in [-0.05, 0) is 18.2 Å². The molecule has 0 radical (unpaired) electrons. The van der Waals surface area contributed by atoms with Gasteiger partial charge in [0.05, 0.1) is 19.8 Å². The minimum absolute atomic E-state index is 0.0271. The van der Waals surface area contributed by atoms with Crippen molar-refractivity contribution in [1.29, 1.82) is 0 Å². The molecule has 1 aromatic rings. The van der Waals surface area contributed by atoms with Crippen LogP contribution in [-0.4, -0.2) is 20.0 Å². The lowest BCUT2D eigenvalue weighted by atomic mass is 10.1. The van der Waals surface area contributed by atoms with Crippen molar-refractivity contribution in [1.82, 2.24) is 0 Å². The van der Waals surface area contributed by atoms with Crippen molar-refractivity contribution < 1.29 is 14.3 Å². The molecule has 1 aromatic carbocycles. The number of ketones is 1. The molecule has 0 aliphatic heterocycles. The van der Waals surface area contributed by atoms with E-state index in [1.165, 1.54) is 7.11 Å². The normalized spacial score (nSPS) is 9.47. The summed E-state index contributed by atoms with van der Waals surface area (Å²) >= 11 is 0. The predicted molar refractivity (Wildman–Crippen MR) is 58.7 cm³/mol. The molecule has 1 rings (SSSR count). The smallest absolute Gasteiger partial charge is 0.170 e. The number of rotatable bonds is 5. The van der Waals surface area contributed by atoms with Crippen LogP contribution in [0.25, 0.3) is 0 Å². The molecule has 0 atom stereocenters. The second-order valence-electron chi connectivity index (χ2n) is 2.98. The van der Waals surface area contributed by atoms with E-state index in [4.69, 9.17) is 9.47 Å². The van der Waals surface area contributed by atoms with Crippen molar-refractivity contribution >= 4 is 5.78 Å². The molecule has 0 spiro atoms. The van der Waals surface area contributed by atoms with E-state index >= 15 is 0 Å². The first-order valence-corrected chi connectivity index (χ1v) is 4.59. The van der Waals surface area contributed by atoms with E-state index in [0.717, 1.165) is 0 Å². The monoisotopic (exact) mass is 206 g/mol. The van der Waals surface area contributed by atoms with Crippen molar-refractivity contribution in [3.05, 3.63) is 36.4 Å². The van der Waals surface area contributed by atoms with E-state index in [9.17, 15) is 4.79 Å². The molecule has 3 nitrogen and oxygen atoms in total. The van der Waals surface area contributed by atoms with Gasteiger partial charge in [0, 0.05) is 6.42 Å². The van der Waals surface area contributed by atoms with Crippen LogP contribution in [0.4, 0.5) is 0 Å². The lowest BCUT2D eigenvalue weighted by molar-refractivity contribution is 0.0992. The highest BCUT2D eigenvalue weighted by molar-refractivity contribution is 5.99. The highest BCUT2D eigenvalue weighted by Gasteiger charge is 2.11. The van der Waals surface area contributed by atoms with Crippen molar-refractivity contribution in [2.75, 3.05) is 14.2 Å².